The van der Waals surface area contributed by atoms with Gasteiger partial charge in [0.05, 0.1) is 5.69 Å². The Hall–Kier alpha value is -3.19. The van der Waals surface area contributed by atoms with Gasteiger partial charge in [-0.3, -0.25) is 0 Å². The molecular weight excluding hydrogens is 430 g/mol. The van der Waals surface area contributed by atoms with Crippen molar-refractivity contribution >= 4 is 21.6 Å². The minimum absolute atomic E-state index is 0.219. The molecule has 0 aliphatic rings. The monoisotopic (exact) mass is 449 g/mol. The average molecular weight is 450 g/mol. The summed E-state index contributed by atoms with van der Waals surface area (Å²) < 4.78 is 2.80. The largest absolute Gasteiger partial charge is 0.508 e. The number of anilines is 1. The molecule has 146 valence electrons. The van der Waals surface area contributed by atoms with Crippen molar-refractivity contribution in [3.8, 4) is 11.4 Å². The number of nitrogens with zero attached hydrogens (tertiary/aromatic N) is 4. The Morgan fingerprint density at radius 2 is 1.59 bits per heavy atom. The number of phenolic OH excluding ortho intramolecular Hbond substituents is 1. The molecule has 0 aliphatic carbocycles. The van der Waals surface area contributed by atoms with Gasteiger partial charge in [0.25, 0.3) is 0 Å². The molecule has 0 spiro atoms. The predicted molar refractivity (Wildman–Crippen MR) is 116 cm³/mol. The van der Waals surface area contributed by atoms with E-state index in [1.54, 1.807) is 16.8 Å². The summed E-state index contributed by atoms with van der Waals surface area (Å²) in [5, 5.41) is 25.7. The predicted octanol–water partition coefficient (Wildman–Crippen LogP) is 4.95. The van der Waals surface area contributed by atoms with Crippen LogP contribution in [-0.4, -0.2) is 25.3 Å². The molecule has 29 heavy (non-hydrogen) atoms. The first kappa shape index (κ1) is 19.1. The molecular formula is C22H20BrN5O. The lowest BCUT2D eigenvalue weighted by Gasteiger charge is -2.21. The molecule has 0 saturated heterocycles. The van der Waals surface area contributed by atoms with Gasteiger partial charge in [0, 0.05) is 10.2 Å². The molecule has 6 nitrogen and oxygen atoms in total. The summed E-state index contributed by atoms with van der Waals surface area (Å²) in [5.74, 6) is 0.897. The van der Waals surface area contributed by atoms with Gasteiger partial charge in [-0.15, -0.1) is 5.10 Å². The number of aromatic hydroxyl groups is 1. The number of para-hydroxylation sites is 1. The minimum atomic E-state index is -0.290. The third kappa shape index (κ3) is 4.00. The number of aryl methyl sites for hydroxylation is 2. The Morgan fingerprint density at radius 1 is 0.931 bits per heavy atom. The SMILES string of the molecule is Cc1cccc(C)c1-n1nnnc1[C@H](Nc1ccc(O)cc1)c1ccc(Br)cc1. The lowest BCUT2D eigenvalue weighted by atomic mass is 10.0. The van der Waals surface area contributed by atoms with E-state index in [1.165, 1.54) is 0 Å². The fraction of sp³-hybridized carbons (Fsp3) is 0.136. The zero-order valence-electron chi connectivity index (χ0n) is 16.0. The highest BCUT2D eigenvalue weighted by atomic mass is 79.9. The first-order valence-corrected chi connectivity index (χ1v) is 9.98. The molecule has 1 aromatic heterocycles. The molecule has 0 amide bonds. The number of tetrazole rings is 1. The van der Waals surface area contributed by atoms with Gasteiger partial charge in [-0.05, 0) is 77.4 Å². The van der Waals surface area contributed by atoms with Crippen LogP contribution in [0.2, 0.25) is 0 Å². The van der Waals surface area contributed by atoms with Crippen LogP contribution in [-0.2, 0) is 0 Å². The second-order valence-corrected chi connectivity index (χ2v) is 7.78. The molecule has 0 bridgehead atoms. The van der Waals surface area contributed by atoms with Crippen LogP contribution < -0.4 is 5.32 Å². The Labute approximate surface area is 177 Å². The second kappa shape index (κ2) is 8.05. The van der Waals surface area contributed by atoms with Gasteiger partial charge in [0.2, 0.25) is 0 Å². The number of phenols is 1. The van der Waals surface area contributed by atoms with Gasteiger partial charge < -0.3 is 10.4 Å². The maximum absolute atomic E-state index is 9.61. The molecule has 4 aromatic rings. The van der Waals surface area contributed by atoms with Crippen molar-refractivity contribution in [2.75, 3.05) is 5.32 Å². The van der Waals surface area contributed by atoms with E-state index < -0.39 is 0 Å². The van der Waals surface area contributed by atoms with Gasteiger partial charge in [-0.2, -0.15) is 4.68 Å². The zero-order chi connectivity index (χ0) is 20.4. The van der Waals surface area contributed by atoms with Crippen molar-refractivity contribution in [3.05, 3.63) is 93.7 Å². The zero-order valence-corrected chi connectivity index (χ0v) is 17.6. The maximum atomic E-state index is 9.61. The van der Waals surface area contributed by atoms with Crippen molar-refractivity contribution in [3.63, 3.8) is 0 Å². The van der Waals surface area contributed by atoms with Crippen LogP contribution in [0.15, 0.2) is 71.2 Å². The van der Waals surface area contributed by atoms with E-state index in [0.29, 0.717) is 5.82 Å². The summed E-state index contributed by atoms with van der Waals surface area (Å²) in [6.07, 6.45) is 0. The third-order valence-electron chi connectivity index (χ3n) is 4.78. The number of halogens is 1. The molecule has 1 heterocycles. The van der Waals surface area contributed by atoms with E-state index in [4.69, 9.17) is 0 Å². The first-order chi connectivity index (χ1) is 14.0. The van der Waals surface area contributed by atoms with Gasteiger partial charge in [-0.1, -0.05) is 46.3 Å². The molecule has 0 radical (unpaired) electrons. The lowest BCUT2D eigenvalue weighted by Crippen LogP contribution is -2.19. The van der Waals surface area contributed by atoms with Crippen molar-refractivity contribution in [2.24, 2.45) is 0 Å². The quantitative estimate of drug-likeness (QED) is 0.421. The van der Waals surface area contributed by atoms with E-state index in [2.05, 4.69) is 62.8 Å². The van der Waals surface area contributed by atoms with Gasteiger partial charge >= 0.3 is 0 Å². The summed E-state index contributed by atoms with van der Waals surface area (Å²) in [5.41, 5.74) is 5.04. The van der Waals surface area contributed by atoms with Crippen molar-refractivity contribution in [2.45, 2.75) is 19.9 Å². The summed E-state index contributed by atoms with van der Waals surface area (Å²) in [7, 11) is 0. The summed E-state index contributed by atoms with van der Waals surface area (Å²) in [6, 6.07) is 20.8. The summed E-state index contributed by atoms with van der Waals surface area (Å²) in [4.78, 5) is 0. The molecule has 0 saturated carbocycles. The molecule has 0 unspecified atom stereocenters. The second-order valence-electron chi connectivity index (χ2n) is 6.87. The summed E-state index contributed by atoms with van der Waals surface area (Å²) in [6.45, 7) is 4.10. The molecule has 0 aliphatic heterocycles. The fourth-order valence-corrected chi connectivity index (χ4v) is 3.61. The molecule has 2 N–H and O–H groups in total. The van der Waals surface area contributed by atoms with E-state index in [-0.39, 0.29) is 11.8 Å². The number of benzene rings is 3. The summed E-state index contributed by atoms with van der Waals surface area (Å²) >= 11 is 3.49. The van der Waals surface area contributed by atoms with E-state index in [1.807, 2.05) is 42.5 Å². The van der Waals surface area contributed by atoms with Crippen LogP contribution in [0.5, 0.6) is 5.75 Å². The van der Waals surface area contributed by atoms with Crippen LogP contribution in [0, 0.1) is 13.8 Å². The fourth-order valence-electron chi connectivity index (χ4n) is 3.35. The van der Waals surface area contributed by atoms with Crippen LogP contribution in [0.3, 0.4) is 0 Å². The topological polar surface area (TPSA) is 75.9 Å². The van der Waals surface area contributed by atoms with Crippen molar-refractivity contribution < 1.29 is 5.11 Å². The Kier molecular flexibility index (Phi) is 5.31. The van der Waals surface area contributed by atoms with Crippen LogP contribution >= 0.6 is 15.9 Å². The maximum Gasteiger partial charge on any atom is 0.183 e. The van der Waals surface area contributed by atoms with E-state index >= 15 is 0 Å². The number of rotatable bonds is 5. The normalized spacial score (nSPS) is 12.0. The van der Waals surface area contributed by atoms with E-state index in [0.717, 1.165) is 32.5 Å². The van der Waals surface area contributed by atoms with Crippen molar-refractivity contribution in [1.29, 1.82) is 0 Å². The van der Waals surface area contributed by atoms with Gasteiger partial charge in [0.15, 0.2) is 5.82 Å². The Bertz CT molecular complexity index is 1100. The number of hydrogen-bond donors (Lipinski definition) is 2. The molecule has 7 heteroatoms. The Morgan fingerprint density at radius 3 is 2.24 bits per heavy atom. The average Bonchev–Trinajstić information content (AvgIpc) is 3.17. The highest BCUT2D eigenvalue weighted by Gasteiger charge is 2.23. The van der Waals surface area contributed by atoms with Crippen molar-refractivity contribution in [1.82, 2.24) is 20.2 Å². The molecule has 1 atom stereocenters. The standard InChI is InChI=1S/C22H20BrN5O/c1-14-4-3-5-15(2)21(14)28-22(25-26-27-28)20(16-6-8-17(23)9-7-16)24-18-10-12-19(29)13-11-18/h3-13,20,24,29H,1-2H3/t20-/m1/s1. The molecule has 3 aromatic carbocycles. The van der Waals surface area contributed by atoms with Gasteiger partial charge in [0.1, 0.15) is 11.8 Å². The van der Waals surface area contributed by atoms with Gasteiger partial charge in [-0.25, -0.2) is 0 Å². The Balaban J connectivity index is 1.83. The van der Waals surface area contributed by atoms with Crippen LogP contribution in [0.25, 0.3) is 5.69 Å². The van der Waals surface area contributed by atoms with Crippen LogP contribution in [0.1, 0.15) is 28.6 Å². The number of nitrogens with one attached hydrogen (secondary N) is 1. The van der Waals surface area contributed by atoms with E-state index in [9.17, 15) is 5.11 Å². The minimum Gasteiger partial charge on any atom is -0.508 e. The molecule has 0 fully saturated rings. The van der Waals surface area contributed by atoms with Crippen LogP contribution in [0.4, 0.5) is 5.69 Å². The third-order valence-corrected chi connectivity index (χ3v) is 5.31. The highest BCUT2D eigenvalue weighted by Crippen LogP contribution is 2.29. The number of aromatic nitrogens is 4. The lowest BCUT2D eigenvalue weighted by molar-refractivity contribution is 0.475. The smallest absolute Gasteiger partial charge is 0.183 e. The molecule has 4 rings (SSSR count). The first-order valence-electron chi connectivity index (χ1n) is 9.19. The number of hydrogen-bond acceptors (Lipinski definition) is 5. The highest BCUT2D eigenvalue weighted by molar-refractivity contribution is 9.10.